The number of benzene rings is 1. The summed E-state index contributed by atoms with van der Waals surface area (Å²) in [5, 5.41) is 0. The number of sulfonamides is 1. The van der Waals surface area contributed by atoms with E-state index in [-0.39, 0.29) is 23.1 Å². The van der Waals surface area contributed by atoms with Crippen molar-refractivity contribution in [3.8, 4) is 0 Å². The molecular formula is C17H23N3O4S. The highest BCUT2D eigenvalue weighted by atomic mass is 32.2. The Balaban J connectivity index is 1.67. The molecule has 0 aliphatic carbocycles. The third-order valence-electron chi connectivity index (χ3n) is 4.91. The lowest BCUT2D eigenvalue weighted by molar-refractivity contribution is -0.139. The first-order valence-electron chi connectivity index (χ1n) is 8.49. The highest BCUT2D eigenvalue weighted by Gasteiger charge is 2.42. The van der Waals surface area contributed by atoms with Crippen LogP contribution in [0.25, 0.3) is 0 Å². The van der Waals surface area contributed by atoms with E-state index in [1.54, 1.807) is 31.2 Å². The summed E-state index contributed by atoms with van der Waals surface area (Å²) in [4.78, 5) is 27.7. The molecule has 0 N–H and O–H groups in total. The predicted molar refractivity (Wildman–Crippen MR) is 92.3 cm³/mol. The lowest BCUT2D eigenvalue weighted by Gasteiger charge is -2.36. The lowest BCUT2D eigenvalue weighted by Crippen LogP contribution is -2.53. The van der Waals surface area contributed by atoms with E-state index in [1.165, 1.54) is 9.21 Å². The van der Waals surface area contributed by atoms with Gasteiger partial charge in [-0.05, 0) is 26.0 Å². The monoisotopic (exact) mass is 365 g/mol. The molecule has 2 aliphatic heterocycles. The molecule has 2 heterocycles. The van der Waals surface area contributed by atoms with Crippen LogP contribution in [-0.2, 0) is 19.6 Å². The standard InChI is InChI=1S/C17H23N3O4S/c1-3-20-16(21)12-15(17(20)22)18-8-10-19(11-9-18)25(23,24)14-6-4-13(2)5-7-14/h4-7,15H,3,8-12H2,1-2H3/t15-/m0/s1. The summed E-state index contributed by atoms with van der Waals surface area (Å²) in [5.41, 5.74) is 1.01. The van der Waals surface area contributed by atoms with Crippen molar-refractivity contribution < 1.29 is 18.0 Å². The zero-order chi connectivity index (χ0) is 18.2. The van der Waals surface area contributed by atoms with Gasteiger partial charge in [-0.15, -0.1) is 0 Å². The van der Waals surface area contributed by atoms with E-state index >= 15 is 0 Å². The molecule has 2 aliphatic rings. The van der Waals surface area contributed by atoms with Gasteiger partial charge in [0.2, 0.25) is 21.8 Å². The van der Waals surface area contributed by atoms with Crippen LogP contribution < -0.4 is 0 Å². The number of carbonyl (C=O) groups excluding carboxylic acids is 2. The van der Waals surface area contributed by atoms with Crippen molar-refractivity contribution in [2.75, 3.05) is 32.7 Å². The Morgan fingerprint density at radius 1 is 1.04 bits per heavy atom. The summed E-state index contributed by atoms with van der Waals surface area (Å²) in [6, 6.07) is 6.36. The fourth-order valence-electron chi connectivity index (χ4n) is 3.40. The Labute approximate surface area is 148 Å². The third kappa shape index (κ3) is 3.33. The van der Waals surface area contributed by atoms with Gasteiger partial charge in [-0.2, -0.15) is 4.31 Å². The molecule has 8 heteroatoms. The Morgan fingerprint density at radius 3 is 2.16 bits per heavy atom. The van der Waals surface area contributed by atoms with E-state index in [4.69, 9.17) is 0 Å². The highest BCUT2D eigenvalue weighted by Crippen LogP contribution is 2.23. The van der Waals surface area contributed by atoms with Gasteiger partial charge in [0.15, 0.2) is 0 Å². The molecule has 0 aromatic heterocycles. The molecule has 0 unspecified atom stereocenters. The first-order valence-corrected chi connectivity index (χ1v) is 9.93. The van der Waals surface area contributed by atoms with E-state index in [0.29, 0.717) is 32.7 Å². The second-order valence-corrected chi connectivity index (χ2v) is 8.39. The summed E-state index contributed by atoms with van der Waals surface area (Å²) in [6.07, 6.45) is 0.192. The number of carbonyl (C=O) groups is 2. The van der Waals surface area contributed by atoms with Crippen LogP contribution in [0.3, 0.4) is 0 Å². The quantitative estimate of drug-likeness (QED) is 0.724. The van der Waals surface area contributed by atoms with Crippen LogP contribution in [0.4, 0.5) is 0 Å². The minimum absolute atomic E-state index is 0.146. The molecule has 1 atom stereocenters. The number of likely N-dealkylation sites (tertiary alicyclic amines) is 1. The summed E-state index contributed by atoms with van der Waals surface area (Å²) < 4.78 is 26.9. The molecular weight excluding hydrogens is 342 g/mol. The molecule has 1 aromatic rings. The Kier molecular flexibility index (Phi) is 4.95. The van der Waals surface area contributed by atoms with Gasteiger partial charge >= 0.3 is 0 Å². The van der Waals surface area contributed by atoms with Gasteiger partial charge in [-0.3, -0.25) is 19.4 Å². The molecule has 2 fully saturated rings. The van der Waals surface area contributed by atoms with E-state index in [2.05, 4.69) is 0 Å². The van der Waals surface area contributed by atoms with Crippen molar-refractivity contribution in [1.29, 1.82) is 0 Å². The minimum atomic E-state index is -3.52. The number of imide groups is 1. The summed E-state index contributed by atoms with van der Waals surface area (Å²) in [5.74, 6) is -0.311. The van der Waals surface area contributed by atoms with Gasteiger partial charge in [0.25, 0.3) is 0 Å². The van der Waals surface area contributed by atoms with Crippen molar-refractivity contribution in [3.63, 3.8) is 0 Å². The molecule has 25 heavy (non-hydrogen) atoms. The van der Waals surface area contributed by atoms with Gasteiger partial charge in [0.05, 0.1) is 17.4 Å². The molecule has 0 saturated carbocycles. The van der Waals surface area contributed by atoms with Crippen LogP contribution in [0.1, 0.15) is 18.9 Å². The SMILES string of the molecule is CCN1C(=O)C[C@H](N2CCN(S(=O)(=O)c3ccc(C)cc3)CC2)C1=O. The third-order valence-corrected chi connectivity index (χ3v) is 6.82. The fraction of sp³-hybridized carbons (Fsp3) is 0.529. The summed E-state index contributed by atoms with van der Waals surface area (Å²) in [6.45, 7) is 5.62. The number of hydrogen-bond acceptors (Lipinski definition) is 5. The van der Waals surface area contributed by atoms with Crippen LogP contribution in [0.15, 0.2) is 29.2 Å². The molecule has 0 bridgehead atoms. The van der Waals surface area contributed by atoms with Gasteiger partial charge < -0.3 is 0 Å². The van der Waals surface area contributed by atoms with Crippen LogP contribution in [0.5, 0.6) is 0 Å². The fourth-order valence-corrected chi connectivity index (χ4v) is 4.82. The van der Waals surface area contributed by atoms with Crippen molar-refractivity contribution in [1.82, 2.24) is 14.1 Å². The molecule has 3 rings (SSSR count). The Bertz CT molecular complexity index is 768. The van der Waals surface area contributed by atoms with Crippen LogP contribution in [0.2, 0.25) is 0 Å². The number of aryl methyl sites for hydroxylation is 1. The second-order valence-electron chi connectivity index (χ2n) is 6.45. The van der Waals surface area contributed by atoms with E-state index < -0.39 is 16.1 Å². The number of piperazine rings is 1. The van der Waals surface area contributed by atoms with Crippen molar-refractivity contribution in [2.45, 2.75) is 31.2 Å². The normalized spacial score (nSPS) is 23.4. The van der Waals surface area contributed by atoms with Crippen LogP contribution in [-0.4, -0.2) is 73.1 Å². The van der Waals surface area contributed by atoms with Crippen molar-refractivity contribution in [2.24, 2.45) is 0 Å². The number of hydrogen-bond donors (Lipinski definition) is 0. The maximum Gasteiger partial charge on any atom is 0.247 e. The average molecular weight is 365 g/mol. The smallest absolute Gasteiger partial charge is 0.247 e. The predicted octanol–water partition coefficient (Wildman–Crippen LogP) is 0.449. The maximum absolute atomic E-state index is 12.7. The molecule has 1 aromatic carbocycles. The molecule has 7 nitrogen and oxygen atoms in total. The van der Waals surface area contributed by atoms with Crippen LogP contribution in [0, 0.1) is 6.92 Å². The molecule has 2 amide bonds. The summed E-state index contributed by atoms with van der Waals surface area (Å²) >= 11 is 0. The molecule has 136 valence electrons. The van der Waals surface area contributed by atoms with Gasteiger partial charge in [-0.25, -0.2) is 8.42 Å². The van der Waals surface area contributed by atoms with Crippen LogP contribution >= 0.6 is 0 Å². The topological polar surface area (TPSA) is 78.0 Å². The molecule has 0 spiro atoms. The van der Waals surface area contributed by atoms with Gasteiger partial charge in [0, 0.05) is 32.7 Å². The lowest BCUT2D eigenvalue weighted by atomic mass is 10.2. The average Bonchev–Trinajstić information content (AvgIpc) is 2.89. The first-order chi connectivity index (χ1) is 11.8. The van der Waals surface area contributed by atoms with E-state index in [9.17, 15) is 18.0 Å². The number of rotatable bonds is 4. The zero-order valence-corrected chi connectivity index (χ0v) is 15.3. The zero-order valence-electron chi connectivity index (χ0n) is 14.5. The number of likely N-dealkylation sites (N-methyl/N-ethyl adjacent to an activating group) is 1. The van der Waals surface area contributed by atoms with Gasteiger partial charge in [0.1, 0.15) is 0 Å². The van der Waals surface area contributed by atoms with Gasteiger partial charge in [-0.1, -0.05) is 17.7 Å². The number of nitrogens with zero attached hydrogens (tertiary/aromatic N) is 3. The summed E-state index contributed by atoms with van der Waals surface area (Å²) in [7, 11) is -3.52. The Hall–Kier alpha value is -1.77. The molecule has 0 radical (unpaired) electrons. The maximum atomic E-state index is 12.7. The number of amides is 2. The van der Waals surface area contributed by atoms with Crippen molar-refractivity contribution in [3.05, 3.63) is 29.8 Å². The molecule has 2 saturated heterocycles. The highest BCUT2D eigenvalue weighted by molar-refractivity contribution is 7.89. The largest absolute Gasteiger partial charge is 0.289 e. The Morgan fingerprint density at radius 2 is 1.64 bits per heavy atom. The van der Waals surface area contributed by atoms with E-state index in [0.717, 1.165) is 5.56 Å². The van der Waals surface area contributed by atoms with Crippen molar-refractivity contribution >= 4 is 21.8 Å². The minimum Gasteiger partial charge on any atom is -0.289 e. The first kappa shape index (κ1) is 18.0. The second kappa shape index (κ2) is 6.86. The van der Waals surface area contributed by atoms with E-state index in [1.807, 2.05) is 11.8 Å².